The minimum absolute atomic E-state index is 0.0397. The molecule has 1 atom stereocenters. The highest BCUT2D eigenvalue weighted by molar-refractivity contribution is 5.72. The Labute approximate surface area is 117 Å². The normalized spacial score (nSPS) is 25.3. The SMILES string of the molecule is CCCN(CC(C)C(=O)OCC)C1CCC(N)CC1. The Kier molecular flexibility index (Phi) is 7.39. The molecule has 0 amide bonds. The Morgan fingerprint density at radius 1 is 1.32 bits per heavy atom. The van der Waals surface area contributed by atoms with Crippen LogP contribution in [-0.4, -0.2) is 42.6 Å². The van der Waals surface area contributed by atoms with Crippen molar-refractivity contribution < 1.29 is 9.53 Å². The average Bonchev–Trinajstić information content (AvgIpc) is 2.39. The van der Waals surface area contributed by atoms with Gasteiger partial charge in [0.15, 0.2) is 0 Å². The zero-order valence-corrected chi connectivity index (χ0v) is 12.7. The van der Waals surface area contributed by atoms with Crippen LogP contribution in [0.4, 0.5) is 0 Å². The summed E-state index contributed by atoms with van der Waals surface area (Å²) in [7, 11) is 0. The predicted octanol–water partition coefficient (Wildman–Crippen LogP) is 2.17. The van der Waals surface area contributed by atoms with Crippen molar-refractivity contribution in [1.82, 2.24) is 4.90 Å². The smallest absolute Gasteiger partial charge is 0.309 e. The van der Waals surface area contributed by atoms with Gasteiger partial charge >= 0.3 is 5.97 Å². The number of nitrogens with two attached hydrogens (primary N) is 1. The summed E-state index contributed by atoms with van der Waals surface area (Å²) < 4.78 is 5.10. The minimum Gasteiger partial charge on any atom is -0.466 e. The number of hydrogen-bond donors (Lipinski definition) is 1. The first-order valence-corrected chi connectivity index (χ1v) is 7.74. The summed E-state index contributed by atoms with van der Waals surface area (Å²) in [5.41, 5.74) is 5.97. The van der Waals surface area contributed by atoms with Crippen LogP contribution in [0.2, 0.25) is 0 Å². The number of hydrogen-bond acceptors (Lipinski definition) is 4. The fraction of sp³-hybridized carbons (Fsp3) is 0.933. The van der Waals surface area contributed by atoms with Crippen molar-refractivity contribution in [3.63, 3.8) is 0 Å². The largest absolute Gasteiger partial charge is 0.466 e. The Bertz CT molecular complexity index is 263. The molecule has 0 spiro atoms. The first-order valence-electron chi connectivity index (χ1n) is 7.74. The van der Waals surface area contributed by atoms with Crippen LogP contribution in [0.3, 0.4) is 0 Å². The molecule has 0 radical (unpaired) electrons. The molecule has 0 heterocycles. The molecule has 1 saturated carbocycles. The highest BCUT2D eigenvalue weighted by atomic mass is 16.5. The van der Waals surface area contributed by atoms with E-state index in [2.05, 4.69) is 11.8 Å². The van der Waals surface area contributed by atoms with Gasteiger partial charge in [0.1, 0.15) is 0 Å². The predicted molar refractivity (Wildman–Crippen MR) is 77.9 cm³/mol. The molecule has 0 bridgehead atoms. The number of nitrogens with zero attached hydrogens (tertiary/aromatic N) is 1. The van der Waals surface area contributed by atoms with Crippen LogP contribution in [-0.2, 0) is 9.53 Å². The van der Waals surface area contributed by atoms with Crippen LogP contribution in [0.5, 0.6) is 0 Å². The van der Waals surface area contributed by atoms with E-state index in [4.69, 9.17) is 10.5 Å². The number of ether oxygens (including phenoxy) is 1. The van der Waals surface area contributed by atoms with Gasteiger partial charge in [0, 0.05) is 18.6 Å². The molecular weight excluding hydrogens is 240 g/mol. The topological polar surface area (TPSA) is 55.6 Å². The van der Waals surface area contributed by atoms with Crippen LogP contribution in [0, 0.1) is 5.92 Å². The molecule has 1 aliphatic carbocycles. The van der Waals surface area contributed by atoms with Gasteiger partial charge in [-0.25, -0.2) is 0 Å². The van der Waals surface area contributed by atoms with Crippen molar-refractivity contribution in [2.75, 3.05) is 19.7 Å². The van der Waals surface area contributed by atoms with Crippen molar-refractivity contribution in [3.05, 3.63) is 0 Å². The molecule has 0 aromatic carbocycles. The lowest BCUT2D eigenvalue weighted by Gasteiger charge is -2.37. The van der Waals surface area contributed by atoms with Crippen LogP contribution in [0.1, 0.15) is 52.9 Å². The maximum Gasteiger partial charge on any atom is 0.309 e. The van der Waals surface area contributed by atoms with E-state index >= 15 is 0 Å². The first-order chi connectivity index (χ1) is 9.08. The van der Waals surface area contributed by atoms with E-state index in [0.29, 0.717) is 18.7 Å². The molecule has 1 fully saturated rings. The minimum atomic E-state index is -0.0730. The number of carbonyl (C=O) groups is 1. The van der Waals surface area contributed by atoms with E-state index in [-0.39, 0.29) is 11.9 Å². The Morgan fingerprint density at radius 3 is 2.47 bits per heavy atom. The van der Waals surface area contributed by atoms with Gasteiger partial charge in [-0.15, -0.1) is 0 Å². The molecule has 0 aliphatic heterocycles. The van der Waals surface area contributed by atoms with Crippen molar-refractivity contribution in [2.45, 2.75) is 65.0 Å². The van der Waals surface area contributed by atoms with Crippen molar-refractivity contribution in [1.29, 1.82) is 0 Å². The third kappa shape index (κ3) is 5.49. The quantitative estimate of drug-likeness (QED) is 0.720. The summed E-state index contributed by atoms with van der Waals surface area (Å²) in [5, 5.41) is 0. The molecule has 4 nitrogen and oxygen atoms in total. The molecule has 2 N–H and O–H groups in total. The highest BCUT2D eigenvalue weighted by Crippen LogP contribution is 2.23. The van der Waals surface area contributed by atoms with Gasteiger partial charge in [-0.3, -0.25) is 9.69 Å². The van der Waals surface area contributed by atoms with Crippen LogP contribution in [0.25, 0.3) is 0 Å². The van der Waals surface area contributed by atoms with Gasteiger partial charge in [-0.1, -0.05) is 13.8 Å². The summed E-state index contributed by atoms with van der Waals surface area (Å²) in [6.07, 6.45) is 5.67. The first kappa shape index (κ1) is 16.4. The van der Waals surface area contributed by atoms with Crippen LogP contribution >= 0.6 is 0 Å². The van der Waals surface area contributed by atoms with Gasteiger partial charge < -0.3 is 10.5 Å². The van der Waals surface area contributed by atoms with E-state index in [1.54, 1.807) is 0 Å². The second kappa shape index (κ2) is 8.54. The summed E-state index contributed by atoms with van der Waals surface area (Å²) in [6, 6.07) is 0.971. The number of esters is 1. The fourth-order valence-corrected chi connectivity index (χ4v) is 2.89. The standard InChI is InChI=1S/C15H30N2O2/c1-4-10-17(11-12(3)15(18)19-5-2)14-8-6-13(16)7-9-14/h12-14H,4-11,16H2,1-3H3. The lowest BCUT2D eigenvalue weighted by molar-refractivity contribution is -0.148. The second-order valence-electron chi connectivity index (χ2n) is 5.72. The molecule has 112 valence electrons. The summed E-state index contributed by atoms with van der Waals surface area (Å²) >= 11 is 0. The monoisotopic (exact) mass is 270 g/mol. The zero-order valence-electron chi connectivity index (χ0n) is 12.7. The van der Waals surface area contributed by atoms with Gasteiger partial charge in [0.25, 0.3) is 0 Å². The molecule has 19 heavy (non-hydrogen) atoms. The van der Waals surface area contributed by atoms with E-state index < -0.39 is 0 Å². The van der Waals surface area contributed by atoms with E-state index in [1.165, 1.54) is 0 Å². The van der Waals surface area contributed by atoms with Crippen molar-refractivity contribution in [3.8, 4) is 0 Å². The van der Waals surface area contributed by atoms with Gasteiger partial charge in [-0.2, -0.15) is 0 Å². The van der Waals surface area contributed by atoms with Gasteiger partial charge in [0.2, 0.25) is 0 Å². The molecule has 0 aromatic rings. The maximum absolute atomic E-state index is 11.7. The lowest BCUT2D eigenvalue weighted by Crippen LogP contribution is -2.44. The maximum atomic E-state index is 11.7. The molecular formula is C15H30N2O2. The summed E-state index contributed by atoms with van der Waals surface area (Å²) in [6.45, 7) is 8.36. The van der Waals surface area contributed by atoms with Crippen LogP contribution in [0.15, 0.2) is 0 Å². The average molecular weight is 270 g/mol. The van der Waals surface area contributed by atoms with Crippen LogP contribution < -0.4 is 5.73 Å². The Morgan fingerprint density at radius 2 is 1.95 bits per heavy atom. The molecule has 1 rings (SSSR count). The lowest BCUT2D eigenvalue weighted by atomic mass is 9.90. The number of carbonyl (C=O) groups excluding carboxylic acids is 1. The van der Waals surface area contributed by atoms with E-state index in [0.717, 1.165) is 45.2 Å². The third-order valence-electron chi connectivity index (χ3n) is 3.97. The van der Waals surface area contributed by atoms with Gasteiger partial charge in [-0.05, 0) is 45.6 Å². The molecule has 1 unspecified atom stereocenters. The Hall–Kier alpha value is -0.610. The summed E-state index contributed by atoms with van der Waals surface area (Å²) in [5.74, 6) is -0.113. The van der Waals surface area contributed by atoms with Crippen molar-refractivity contribution >= 4 is 5.97 Å². The molecule has 0 aromatic heterocycles. The van der Waals surface area contributed by atoms with E-state index in [9.17, 15) is 4.79 Å². The number of rotatable bonds is 7. The molecule has 4 heteroatoms. The Balaban J connectivity index is 2.49. The highest BCUT2D eigenvalue weighted by Gasteiger charge is 2.26. The third-order valence-corrected chi connectivity index (χ3v) is 3.97. The second-order valence-corrected chi connectivity index (χ2v) is 5.72. The molecule has 0 saturated heterocycles. The van der Waals surface area contributed by atoms with Crippen molar-refractivity contribution in [2.24, 2.45) is 11.7 Å². The summed E-state index contributed by atoms with van der Waals surface area (Å²) in [4.78, 5) is 14.2. The fourth-order valence-electron chi connectivity index (χ4n) is 2.89. The van der Waals surface area contributed by atoms with E-state index in [1.807, 2.05) is 13.8 Å². The molecule has 1 aliphatic rings. The zero-order chi connectivity index (χ0) is 14.3. The van der Waals surface area contributed by atoms with Gasteiger partial charge in [0.05, 0.1) is 12.5 Å².